The second-order valence-corrected chi connectivity index (χ2v) is 9.22. The Kier molecular flexibility index (Phi) is 7.24. The molecule has 2 aliphatic heterocycles. The van der Waals surface area contributed by atoms with Gasteiger partial charge >= 0.3 is 0 Å². The van der Waals surface area contributed by atoms with Crippen molar-refractivity contribution in [3.8, 4) is 5.75 Å². The Bertz CT molecular complexity index is 1030. The molecule has 10 heteroatoms. The fourth-order valence-electron chi connectivity index (χ4n) is 4.02. The molecule has 9 nitrogen and oxygen atoms in total. The lowest BCUT2D eigenvalue weighted by atomic mass is 10.1. The number of rotatable bonds is 7. The molecule has 0 spiro atoms. The molecule has 33 heavy (non-hydrogen) atoms. The number of nitrogens with one attached hydrogen (secondary N) is 2. The van der Waals surface area contributed by atoms with Gasteiger partial charge in [0, 0.05) is 50.2 Å². The number of carbonyl (C=O) groups excluding carboxylic acids is 2. The van der Waals surface area contributed by atoms with Crippen LogP contribution < -0.4 is 15.4 Å². The Labute approximate surface area is 201 Å². The van der Waals surface area contributed by atoms with Crippen LogP contribution in [-0.2, 0) is 4.79 Å². The van der Waals surface area contributed by atoms with Crippen LogP contribution in [0.5, 0.6) is 5.75 Å². The zero-order chi connectivity index (χ0) is 23.4. The number of halogens is 1. The van der Waals surface area contributed by atoms with E-state index in [4.69, 9.17) is 4.74 Å². The second kappa shape index (κ2) is 10.3. The summed E-state index contributed by atoms with van der Waals surface area (Å²) in [5, 5.41) is 6.05. The maximum absolute atomic E-state index is 13.2. The minimum absolute atomic E-state index is 0.00557. The zero-order valence-corrected chi connectivity index (χ0v) is 20.0. The number of likely N-dealkylation sites (N-methyl/N-ethyl adjacent to an activating group) is 1. The summed E-state index contributed by atoms with van der Waals surface area (Å²) in [7, 11) is 2.04. The van der Waals surface area contributed by atoms with Crippen molar-refractivity contribution < 1.29 is 14.3 Å². The molecule has 2 aliphatic rings. The number of nitrogens with zero attached hydrogens (tertiary/aromatic N) is 4. The Hall–Kier alpha value is -2.98. The first kappa shape index (κ1) is 23.2. The molecule has 2 atom stereocenters. The predicted octanol–water partition coefficient (Wildman–Crippen LogP) is 2.77. The van der Waals surface area contributed by atoms with Crippen LogP contribution in [0.2, 0.25) is 0 Å². The summed E-state index contributed by atoms with van der Waals surface area (Å²) in [6, 6.07) is 5.22. The van der Waals surface area contributed by atoms with Crippen LogP contribution >= 0.6 is 15.9 Å². The molecule has 2 fully saturated rings. The second-order valence-electron chi connectivity index (χ2n) is 8.30. The van der Waals surface area contributed by atoms with E-state index < -0.39 is 0 Å². The largest absolute Gasteiger partial charge is 0.487 e. The summed E-state index contributed by atoms with van der Waals surface area (Å²) < 4.78 is 7.00. The number of anilines is 2. The van der Waals surface area contributed by atoms with Crippen molar-refractivity contribution >= 4 is 39.4 Å². The van der Waals surface area contributed by atoms with E-state index in [0.717, 1.165) is 30.4 Å². The van der Waals surface area contributed by atoms with Crippen LogP contribution in [0.15, 0.2) is 47.7 Å². The molecule has 0 radical (unpaired) electrons. The standard InChI is InChI=1S/C23H27BrN6O3/c1-3-21(31)28-19-5-4-15(10-20(19)33-18-7-8-29(2)14-18)22(32)30-9-6-17(13-30)27-23-25-11-16(24)12-26-23/h3-5,10-12,17-18H,1,6-9,13-14H2,2H3,(H,28,31)(H,25,26,27)/t17-,18?/m1/s1. The predicted molar refractivity (Wildman–Crippen MR) is 129 cm³/mol. The molecule has 1 unspecified atom stereocenters. The van der Waals surface area contributed by atoms with E-state index in [1.54, 1.807) is 35.5 Å². The Morgan fingerprint density at radius 1 is 1.21 bits per heavy atom. The van der Waals surface area contributed by atoms with Crippen molar-refractivity contribution in [1.82, 2.24) is 19.8 Å². The van der Waals surface area contributed by atoms with E-state index in [1.165, 1.54) is 6.08 Å². The van der Waals surface area contributed by atoms with E-state index in [-0.39, 0.29) is 24.0 Å². The number of amides is 2. The van der Waals surface area contributed by atoms with Crippen molar-refractivity contribution in [3.05, 3.63) is 53.3 Å². The Morgan fingerprint density at radius 2 is 2.00 bits per heavy atom. The molecule has 174 valence electrons. The first-order chi connectivity index (χ1) is 15.9. The lowest BCUT2D eigenvalue weighted by Gasteiger charge is -2.20. The van der Waals surface area contributed by atoms with Crippen LogP contribution in [0.4, 0.5) is 11.6 Å². The van der Waals surface area contributed by atoms with Gasteiger partial charge in [0.15, 0.2) is 0 Å². The highest BCUT2D eigenvalue weighted by Crippen LogP contribution is 2.30. The summed E-state index contributed by atoms with van der Waals surface area (Å²) in [5.74, 6) is 0.627. The summed E-state index contributed by atoms with van der Waals surface area (Å²) in [4.78, 5) is 37.6. The Morgan fingerprint density at radius 3 is 2.70 bits per heavy atom. The number of likely N-dealkylation sites (tertiary alicyclic amines) is 2. The van der Waals surface area contributed by atoms with Gasteiger partial charge in [-0.25, -0.2) is 9.97 Å². The molecule has 2 amide bonds. The van der Waals surface area contributed by atoms with Gasteiger partial charge in [-0.3, -0.25) is 9.59 Å². The third-order valence-electron chi connectivity index (χ3n) is 5.74. The Balaban J connectivity index is 1.46. The van der Waals surface area contributed by atoms with Crippen LogP contribution in [0.3, 0.4) is 0 Å². The summed E-state index contributed by atoms with van der Waals surface area (Å²) in [6.07, 6.45) is 6.27. The number of hydrogen-bond acceptors (Lipinski definition) is 7. The maximum Gasteiger partial charge on any atom is 0.254 e. The van der Waals surface area contributed by atoms with Crippen LogP contribution in [0.25, 0.3) is 0 Å². The molecule has 3 heterocycles. The average Bonchev–Trinajstić information content (AvgIpc) is 3.44. The SMILES string of the molecule is C=CC(=O)Nc1ccc(C(=O)N2CC[C@@H](Nc3ncc(Br)cn3)C2)cc1OC1CCN(C)C1. The van der Waals surface area contributed by atoms with E-state index in [2.05, 4.69) is 48.0 Å². The van der Waals surface area contributed by atoms with Crippen molar-refractivity contribution in [2.24, 2.45) is 0 Å². The fraction of sp³-hybridized carbons (Fsp3) is 0.391. The highest BCUT2D eigenvalue weighted by molar-refractivity contribution is 9.10. The number of ether oxygens (including phenoxy) is 1. The molecule has 2 N–H and O–H groups in total. The quantitative estimate of drug-likeness (QED) is 0.548. The minimum Gasteiger partial charge on any atom is -0.487 e. The van der Waals surface area contributed by atoms with Crippen molar-refractivity contribution in [3.63, 3.8) is 0 Å². The first-order valence-corrected chi connectivity index (χ1v) is 11.7. The van der Waals surface area contributed by atoms with Crippen molar-refractivity contribution in [1.29, 1.82) is 0 Å². The smallest absolute Gasteiger partial charge is 0.254 e. The number of benzene rings is 1. The van der Waals surface area contributed by atoms with Gasteiger partial charge in [-0.2, -0.15) is 0 Å². The van der Waals surface area contributed by atoms with Gasteiger partial charge in [-0.15, -0.1) is 0 Å². The summed E-state index contributed by atoms with van der Waals surface area (Å²) in [6.45, 7) is 6.43. The minimum atomic E-state index is -0.328. The van der Waals surface area contributed by atoms with Crippen LogP contribution in [-0.4, -0.2) is 77.0 Å². The number of hydrogen-bond donors (Lipinski definition) is 2. The van der Waals surface area contributed by atoms with Crippen LogP contribution in [0, 0.1) is 0 Å². The lowest BCUT2D eigenvalue weighted by Crippen LogP contribution is -2.32. The third kappa shape index (κ3) is 5.88. The molecule has 2 saturated heterocycles. The summed E-state index contributed by atoms with van der Waals surface area (Å²) in [5.41, 5.74) is 1.05. The lowest BCUT2D eigenvalue weighted by molar-refractivity contribution is -0.111. The molecule has 2 aromatic rings. The average molecular weight is 515 g/mol. The molecule has 1 aromatic heterocycles. The molecule has 4 rings (SSSR count). The molecule has 0 saturated carbocycles. The van der Waals surface area contributed by atoms with Crippen molar-refractivity contribution in [2.75, 3.05) is 43.9 Å². The highest BCUT2D eigenvalue weighted by Gasteiger charge is 2.29. The van der Waals surface area contributed by atoms with E-state index in [0.29, 0.717) is 36.0 Å². The van der Waals surface area contributed by atoms with Gasteiger partial charge in [0.1, 0.15) is 11.9 Å². The zero-order valence-electron chi connectivity index (χ0n) is 18.5. The highest BCUT2D eigenvalue weighted by atomic mass is 79.9. The van der Waals surface area contributed by atoms with Gasteiger partial charge in [-0.05, 0) is 60.1 Å². The van der Waals surface area contributed by atoms with Gasteiger partial charge in [-0.1, -0.05) is 6.58 Å². The molecule has 0 aliphatic carbocycles. The van der Waals surface area contributed by atoms with E-state index in [9.17, 15) is 9.59 Å². The number of aromatic nitrogens is 2. The van der Waals surface area contributed by atoms with Crippen molar-refractivity contribution in [2.45, 2.75) is 25.0 Å². The van der Waals surface area contributed by atoms with Gasteiger partial charge in [0.2, 0.25) is 11.9 Å². The molecule has 1 aromatic carbocycles. The van der Waals surface area contributed by atoms with Gasteiger partial charge < -0.3 is 25.2 Å². The van der Waals surface area contributed by atoms with Gasteiger partial charge in [0.25, 0.3) is 5.91 Å². The normalized spacial score (nSPS) is 20.5. The van der Waals surface area contributed by atoms with E-state index >= 15 is 0 Å². The topological polar surface area (TPSA) is 99.7 Å². The molecular weight excluding hydrogens is 488 g/mol. The van der Waals surface area contributed by atoms with E-state index in [1.807, 2.05) is 7.05 Å². The summed E-state index contributed by atoms with van der Waals surface area (Å²) >= 11 is 3.32. The number of carbonyl (C=O) groups is 2. The van der Waals surface area contributed by atoms with Crippen LogP contribution in [0.1, 0.15) is 23.2 Å². The fourth-order valence-corrected chi connectivity index (χ4v) is 4.23. The first-order valence-electron chi connectivity index (χ1n) is 10.9. The maximum atomic E-state index is 13.2. The molecular formula is C23H27BrN6O3. The van der Waals surface area contributed by atoms with Gasteiger partial charge in [0.05, 0.1) is 10.2 Å². The monoisotopic (exact) mass is 514 g/mol. The third-order valence-corrected chi connectivity index (χ3v) is 6.15. The molecule has 0 bridgehead atoms.